The van der Waals surface area contributed by atoms with Crippen LogP contribution in [0.5, 0.6) is 5.75 Å². The normalized spacial score (nSPS) is 16.5. The highest BCUT2D eigenvalue weighted by atomic mass is 32.2. The first-order valence-corrected chi connectivity index (χ1v) is 10.8. The standard InChI is InChI=1S/C20H26N2O4S/c1-2-3-14-26-18-8-9-19(17-7-5-4-6-16(17)18)27(24,25)22-12-10-15(11-13-22)20(21)23/h4-9,15H,2-3,10-14H2,1H3,(H2,21,23). The second-order valence-corrected chi connectivity index (χ2v) is 8.80. The zero-order chi connectivity index (χ0) is 19.4. The summed E-state index contributed by atoms with van der Waals surface area (Å²) in [4.78, 5) is 11.6. The van der Waals surface area contributed by atoms with Crippen molar-refractivity contribution in [3.63, 3.8) is 0 Å². The van der Waals surface area contributed by atoms with Crippen molar-refractivity contribution in [3.05, 3.63) is 36.4 Å². The quantitative estimate of drug-likeness (QED) is 0.736. The summed E-state index contributed by atoms with van der Waals surface area (Å²) in [7, 11) is -3.65. The minimum Gasteiger partial charge on any atom is -0.493 e. The van der Waals surface area contributed by atoms with E-state index in [1.54, 1.807) is 12.1 Å². The summed E-state index contributed by atoms with van der Waals surface area (Å²) in [5.41, 5.74) is 5.35. The van der Waals surface area contributed by atoms with E-state index in [0.717, 1.165) is 18.2 Å². The summed E-state index contributed by atoms with van der Waals surface area (Å²) in [6.45, 7) is 3.31. The molecule has 7 heteroatoms. The highest BCUT2D eigenvalue weighted by Crippen LogP contribution is 2.34. The largest absolute Gasteiger partial charge is 0.493 e. The Morgan fingerprint density at radius 3 is 2.44 bits per heavy atom. The number of piperidine rings is 1. The number of benzene rings is 2. The Kier molecular flexibility index (Phi) is 6.01. The lowest BCUT2D eigenvalue weighted by Gasteiger charge is -2.30. The number of hydrogen-bond acceptors (Lipinski definition) is 4. The van der Waals surface area contributed by atoms with Crippen LogP contribution in [0.2, 0.25) is 0 Å². The van der Waals surface area contributed by atoms with Crippen LogP contribution in [0.3, 0.4) is 0 Å². The van der Waals surface area contributed by atoms with Crippen LogP contribution < -0.4 is 10.5 Å². The van der Waals surface area contributed by atoms with Gasteiger partial charge in [0.25, 0.3) is 0 Å². The summed E-state index contributed by atoms with van der Waals surface area (Å²) in [6, 6.07) is 10.8. The van der Waals surface area contributed by atoms with Crippen molar-refractivity contribution in [1.29, 1.82) is 0 Å². The first kappa shape index (κ1) is 19.6. The number of nitrogens with zero attached hydrogens (tertiary/aromatic N) is 1. The number of sulfonamides is 1. The highest BCUT2D eigenvalue weighted by Gasteiger charge is 2.32. The molecule has 6 nitrogen and oxygen atoms in total. The van der Waals surface area contributed by atoms with Gasteiger partial charge in [0, 0.05) is 29.8 Å². The zero-order valence-corrected chi connectivity index (χ0v) is 16.4. The fraction of sp³-hybridized carbons (Fsp3) is 0.450. The number of ether oxygens (including phenoxy) is 1. The van der Waals surface area contributed by atoms with E-state index < -0.39 is 10.0 Å². The molecule has 1 fully saturated rings. The van der Waals surface area contributed by atoms with Crippen LogP contribution >= 0.6 is 0 Å². The van der Waals surface area contributed by atoms with Gasteiger partial charge in [0.05, 0.1) is 11.5 Å². The molecule has 0 aromatic heterocycles. The number of unbranched alkanes of at least 4 members (excludes halogenated alkanes) is 1. The number of hydrogen-bond donors (Lipinski definition) is 1. The van der Waals surface area contributed by atoms with Gasteiger partial charge in [0.15, 0.2) is 0 Å². The molecular formula is C20H26N2O4S. The third-order valence-electron chi connectivity index (χ3n) is 5.07. The van der Waals surface area contributed by atoms with Crippen LogP contribution in [-0.2, 0) is 14.8 Å². The third kappa shape index (κ3) is 4.09. The smallest absolute Gasteiger partial charge is 0.243 e. The molecule has 0 bridgehead atoms. The zero-order valence-electron chi connectivity index (χ0n) is 15.6. The minimum atomic E-state index is -3.65. The van der Waals surface area contributed by atoms with Gasteiger partial charge in [-0.05, 0) is 31.4 Å². The fourth-order valence-corrected chi connectivity index (χ4v) is 5.11. The summed E-state index contributed by atoms with van der Waals surface area (Å²) in [5, 5.41) is 1.45. The molecule has 0 spiro atoms. The van der Waals surface area contributed by atoms with E-state index in [0.29, 0.717) is 43.7 Å². The van der Waals surface area contributed by atoms with E-state index in [2.05, 4.69) is 6.92 Å². The molecule has 2 aromatic rings. The van der Waals surface area contributed by atoms with Crippen molar-refractivity contribution in [1.82, 2.24) is 4.31 Å². The highest BCUT2D eigenvalue weighted by molar-refractivity contribution is 7.89. The lowest BCUT2D eigenvalue weighted by molar-refractivity contribution is -0.122. The van der Waals surface area contributed by atoms with E-state index in [1.807, 2.05) is 24.3 Å². The molecule has 2 aromatic carbocycles. The predicted molar refractivity (Wildman–Crippen MR) is 105 cm³/mol. The van der Waals surface area contributed by atoms with Crippen molar-refractivity contribution in [3.8, 4) is 5.75 Å². The SMILES string of the molecule is CCCCOc1ccc(S(=O)(=O)N2CCC(C(N)=O)CC2)c2ccccc12. The number of rotatable bonds is 7. The number of amides is 1. The molecule has 0 unspecified atom stereocenters. The summed E-state index contributed by atoms with van der Waals surface area (Å²) >= 11 is 0. The van der Waals surface area contributed by atoms with E-state index in [4.69, 9.17) is 10.5 Å². The van der Waals surface area contributed by atoms with Crippen molar-refractivity contribution in [2.45, 2.75) is 37.5 Å². The van der Waals surface area contributed by atoms with Gasteiger partial charge in [0.2, 0.25) is 15.9 Å². The van der Waals surface area contributed by atoms with Crippen molar-refractivity contribution in [2.75, 3.05) is 19.7 Å². The number of nitrogens with two attached hydrogens (primary N) is 1. The van der Waals surface area contributed by atoms with Gasteiger partial charge in [-0.15, -0.1) is 0 Å². The predicted octanol–water partition coefficient (Wildman–Crippen LogP) is 2.90. The van der Waals surface area contributed by atoms with Gasteiger partial charge in [-0.25, -0.2) is 8.42 Å². The topological polar surface area (TPSA) is 89.7 Å². The first-order valence-electron chi connectivity index (χ1n) is 9.39. The van der Waals surface area contributed by atoms with Gasteiger partial charge in [-0.2, -0.15) is 4.31 Å². The van der Waals surface area contributed by atoms with Gasteiger partial charge in [-0.3, -0.25) is 4.79 Å². The van der Waals surface area contributed by atoms with Gasteiger partial charge in [0.1, 0.15) is 5.75 Å². The Balaban J connectivity index is 1.92. The molecule has 3 rings (SSSR count). The molecule has 1 aliphatic heterocycles. The van der Waals surface area contributed by atoms with E-state index >= 15 is 0 Å². The number of primary amides is 1. The van der Waals surface area contributed by atoms with E-state index in [1.165, 1.54) is 4.31 Å². The minimum absolute atomic E-state index is 0.248. The van der Waals surface area contributed by atoms with Crippen LogP contribution in [-0.4, -0.2) is 38.3 Å². The molecule has 0 aliphatic carbocycles. The van der Waals surface area contributed by atoms with E-state index in [-0.39, 0.29) is 16.7 Å². The van der Waals surface area contributed by atoms with Gasteiger partial charge in [-0.1, -0.05) is 37.6 Å². The van der Waals surface area contributed by atoms with Gasteiger partial charge >= 0.3 is 0 Å². The summed E-state index contributed by atoms with van der Waals surface area (Å²) in [6.07, 6.45) is 2.91. The Hall–Kier alpha value is -2.12. The maximum atomic E-state index is 13.2. The van der Waals surface area contributed by atoms with Crippen molar-refractivity contribution < 1.29 is 17.9 Å². The maximum Gasteiger partial charge on any atom is 0.243 e. The van der Waals surface area contributed by atoms with Crippen LogP contribution in [0, 0.1) is 5.92 Å². The molecule has 1 saturated heterocycles. The summed E-state index contributed by atoms with van der Waals surface area (Å²) < 4.78 is 33.7. The molecule has 0 saturated carbocycles. The first-order chi connectivity index (χ1) is 12.9. The molecule has 0 radical (unpaired) electrons. The second-order valence-electron chi connectivity index (χ2n) is 6.89. The average molecular weight is 391 g/mol. The van der Waals surface area contributed by atoms with Crippen LogP contribution in [0.4, 0.5) is 0 Å². The number of carbonyl (C=O) groups is 1. The third-order valence-corrected chi connectivity index (χ3v) is 7.03. The maximum absolute atomic E-state index is 13.2. The fourth-order valence-electron chi connectivity index (χ4n) is 3.44. The molecule has 0 atom stereocenters. The van der Waals surface area contributed by atoms with E-state index in [9.17, 15) is 13.2 Å². The summed E-state index contributed by atoms with van der Waals surface area (Å²) in [5.74, 6) is 0.0963. The lowest BCUT2D eigenvalue weighted by atomic mass is 9.98. The second kappa shape index (κ2) is 8.27. The van der Waals surface area contributed by atoms with Crippen LogP contribution in [0.15, 0.2) is 41.3 Å². The average Bonchev–Trinajstić information content (AvgIpc) is 2.68. The monoisotopic (exact) mass is 390 g/mol. The molecule has 2 N–H and O–H groups in total. The molecular weight excluding hydrogens is 364 g/mol. The van der Waals surface area contributed by atoms with Crippen LogP contribution in [0.25, 0.3) is 10.8 Å². The Morgan fingerprint density at radius 1 is 1.15 bits per heavy atom. The van der Waals surface area contributed by atoms with Gasteiger partial charge < -0.3 is 10.5 Å². The Labute approximate surface area is 160 Å². The van der Waals surface area contributed by atoms with Crippen LogP contribution in [0.1, 0.15) is 32.6 Å². The van der Waals surface area contributed by atoms with Crippen molar-refractivity contribution >= 4 is 26.7 Å². The molecule has 27 heavy (non-hydrogen) atoms. The molecule has 146 valence electrons. The Morgan fingerprint density at radius 2 is 1.81 bits per heavy atom. The Bertz CT molecular complexity index is 919. The number of carbonyl (C=O) groups excluding carboxylic acids is 1. The van der Waals surface area contributed by atoms with Crippen molar-refractivity contribution in [2.24, 2.45) is 11.7 Å². The lowest BCUT2D eigenvalue weighted by Crippen LogP contribution is -2.41. The molecule has 1 amide bonds. The molecule has 1 aliphatic rings. The molecule has 1 heterocycles. The number of fused-ring (bicyclic) bond motifs is 1.